The van der Waals surface area contributed by atoms with Gasteiger partial charge >= 0.3 is 0 Å². The number of sulfonamides is 1. The number of rotatable bonds is 12. The standard InChI is InChI=1S/C34H46FN3O4S/c1-5-23(3)36-33(40)31(6-2)37(21-24-7-11-29(35)12-8-24)32(39)22-38(43(4,41)42)30-13-9-28(10-14-30)34-18-25-15-26(19-34)17-27(16-25)20-34/h7-14,23,25-27,31H,5-6,15-22H2,1-4H3,(H,36,40)/t23-,25?,26?,27?,31-,34?/m1/s1. The SMILES string of the molecule is CC[C@@H](C)NC(=O)[C@@H](CC)N(Cc1ccc(F)cc1)C(=O)CN(c1ccc(C23CC4CC(CC(C4)C2)C3)cc1)S(C)(=O)=O. The Morgan fingerprint density at radius 3 is 1.98 bits per heavy atom. The number of carbonyl (C=O) groups excluding carboxylic acids is 2. The Hall–Kier alpha value is -2.94. The van der Waals surface area contributed by atoms with Crippen LogP contribution in [0.3, 0.4) is 0 Å². The van der Waals surface area contributed by atoms with Gasteiger partial charge in [-0.2, -0.15) is 0 Å². The molecule has 0 saturated heterocycles. The molecule has 6 rings (SSSR count). The third kappa shape index (κ3) is 6.92. The summed E-state index contributed by atoms with van der Waals surface area (Å²) in [6.45, 7) is 5.29. The van der Waals surface area contributed by atoms with Crippen LogP contribution >= 0.6 is 0 Å². The summed E-state index contributed by atoms with van der Waals surface area (Å²) in [5.41, 5.74) is 2.54. The maximum atomic E-state index is 14.0. The highest BCUT2D eigenvalue weighted by Crippen LogP contribution is 2.60. The van der Waals surface area contributed by atoms with Gasteiger partial charge in [-0.15, -0.1) is 0 Å². The van der Waals surface area contributed by atoms with Crippen LogP contribution in [0, 0.1) is 23.6 Å². The summed E-state index contributed by atoms with van der Waals surface area (Å²) >= 11 is 0. The van der Waals surface area contributed by atoms with E-state index in [1.807, 2.05) is 32.9 Å². The first kappa shape index (κ1) is 31.5. The van der Waals surface area contributed by atoms with E-state index >= 15 is 0 Å². The average molecular weight is 612 g/mol. The first-order valence-electron chi connectivity index (χ1n) is 15.8. The summed E-state index contributed by atoms with van der Waals surface area (Å²) in [5, 5.41) is 2.96. The highest BCUT2D eigenvalue weighted by molar-refractivity contribution is 7.92. The predicted octanol–water partition coefficient (Wildman–Crippen LogP) is 5.78. The molecule has 43 heavy (non-hydrogen) atoms. The smallest absolute Gasteiger partial charge is 0.244 e. The van der Waals surface area contributed by atoms with E-state index < -0.39 is 34.3 Å². The lowest BCUT2D eigenvalue weighted by Gasteiger charge is -2.57. The van der Waals surface area contributed by atoms with E-state index in [1.165, 1.54) is 61.1 Å². The van der Waals surface area contributed by atoms with Gasteiger partial charge in [0.2, 0.25) is 21.8 Å². The molecule has 4 fully saturated rings. The first-order valence-corrected chi connectivity index (χ1v) is 17.7. The molecule has 0 aliphatic heterocycles. The highest BCUT2D eigenvalue weighted by atomic mass is 32.2. The van der Waals surface area contributed by atoms with Gasteiger partial charge in [0.15, 0.2) is 0 Å². The van der Waals surface area contributed by atoms with Crippen molar-refractivity contribution >= 4 is 27.5 Å². The molecule has 2 atom stereocenters. The van der Waals surface area contributed by atoms with Crippen molar-refractivity contribution < 1.29 is 22.4 Å². The fraction of sp³-hybridized carbons (Fsp3) is 0.588. The second-order valence-electron chi connectivity index (χ2n) is 13.4. The van der Waals surface area contributed by atoms with Gasteiger partial charge in [0, 0.05) is 12.6 Å². The Morgan fingerprint density at radius 2 is 1.49 bits per heavy atom. The number of hydrogen-bond donors (Lipinski definition) is 1. The van der Waals surface area contributed by atoms with Crippen LogP contribution in [0.5, 0.6) is 0 Å². The van der Waals surface area contributed by atoms with Gasteiger partial charge in [0.05, 0.1) is 11.9 Å². The summed E-state index contributed by atoms with van der Waals surface area (Å²) in [6.07, 6.45) is 9.86. The van der Waals surface area contributed by atoms with Crippen LogP contribution in [0.2, 0.25) is 0 Å². The minimum atomic E-state index is -3.82. The number of nitrogens with one attached hydrogen (secondary N) is 1. The van der Waals surface area contributed by atoms with E-state index in [1.54, 1.807) is 12.1 Å². The largest absolute Gasteiger partial charge is 0.352 e. The molecule has 2 aromatic carbocycles. The monoisotopic (exact) mass is 611 g/mol. The third-order valence-corrected chi connectivity index (χ3v) is 11.3. The van der Waals surface area contributed by atoms with Crippen molar-refractivity contribution in [2.24, 2.45) is 17.8 Å². The molecule has 7 nitrogen and oxygen atoms in total. The normalized spacial score (nSPS) is 25.7. The molecule has 4 aliphatic rings. The van der Waals surface area contributed by atoms with Crippen LogP contribution in [0.4, 0.5) is 10.1 Å². The van der Waals surface area contributed by atoms with Crippen molar-refractivity contribution in [3.05, 3.63) is 65.5 Å². The number of hydrogen-bond acceptors (Lipinski definition) is 4. The molecule has 234 valence electrons. The molecule has 0 spiro atoms. The Balaban J connectivity index is 1.40. The van der Waals surface area contributed by atoms with E-state index in [4.69, 9.17) is 0 Å². The molecule has 4 saturated carbocycles. The van der Waals surface area contributed by atoms with Gasteiger partial charge in [-0.1, -0.05) is 38.1 Å². The van der Waals surface area contributed by atoms with Crippen LogP contribution in [0.1, 0.15) is 83.3 Å². The van der Waals surface area contributed by atoms with E-state index in [2.05, 4.69) is 17.4 Å². The lowest BCUT2D eigenvalue weighted by molar-refractivity contribution is -0.140. The molecule has 2 amide bonds. The highest BCUT2D eigenvalue weighted by Gasteiger charge is 2.51. The van der Waals surface area contributed by atoms with Crippen LogP contribution in [-0.2, 0) is 31.6 Å². The van der Waals surface area contributed by atoms with Crippen LogP contribution in [-0.4, -0.2) is 50.0 Å². The Labute approximate surface area is 256 Å². The van der Waals surface area contributed by atoms with Gasteiger partial charge < -0.3 is 10.2 Å². The molecule has 9 heteroatoms. The van der Waals surface area contributed by atoms with Crippen molar-refractivity contribution in [1.29, 1.82) is 0 Å². The minimum absolute atomic E-state index is 0.0497. The molecule has 2 aromatic rings. The summed E-state index contributed by atoms with van der Waals surface area (Å²) in [6, 6.07) is 12.7. The molecule has 4 aliphatic carbocycles. The van der Waals surface area contributed by atoms with E-state index in [0.717, 1.165) is 34.7 Å². The van der Waals surface area contributed by atoms with Crippen molar-refractivity contribution in [2.75, 3.05) is 17.1 Å². The van der Waals surface area contributed by atoms with Gasteiger partial charge in [-0.3, -0.25) is 13.9 Å². The van der Waals surface area contributed by atoms with Crippen LogP contribution in [0.15, 0.2) is 48.5 Å². The van der Waals surface area contributed by atoms with E-state index in [9.17, 15) is 22.4 Å². The fourth-order valence-corrected chi connectivity index (χ4v) is 9.06. The number of amides is 2. The first-order chi connectivity index (χ1) is 20.4. The molecular formula is C34H46FN3O4S. The van der Waals surface area contributed by atoms with Crippen molar-refractivity contribution in [1.82, 2.24) is 10.2 Å². The second-order valence-corrected chi connectivity index (χ2v) is 15.3. The zero-order valence-corrected chi connectivity index (χ0v) is 26.7. The number of nitrogens with zero attached hydrogens (tertiary/aromatic N) is 2. The molecule has 0 heterocycles. The lowest BCUT2D eigenvalue weighted by atomic mass is 9.48. The molecule has 0 aromatic heterocycles. The quantitative estimate of drug-likeness (QED) is 0.330. The van der Waals surface area contributed by atoms with Gasteiger partial charge in [-0.25, -0.2) is 12.8 Å². The molecule has 0 radical (unpaired) electrons. The number of anilines is 1. The topological polar surface area (TPSA) is 86.8 Å². The number of halogens is 1. The molecular weight excluding hydrogens is 565 g/mol. The Bertz CT molecular complexity index is 1370. The van der Waals surface area contributed by atoms with Gasteiger partial charge in [0.1, 0.15) is 18.4 Å². The summed E-state index contributed by atoms with van der Waals surface area (Å²) in [7, 11) is -3.82. The third-order valence-electron chi connectivity index (χ3n) is 10.1. The molecule has 1 N–H and O–H groups in total. The lowest BCUT2D eigenvalue weighted by Crippen LogP contribution is -2.53. The van der Waals surface area contributed by atoms with Crippen LogP contribution < -0.4 is 9.62 Å². The zero-order chi connectivity index (χ0) is 30.9. The van der Waals surface area contributed by atoms with Gasteiger partial charge in [0.25, 0.3) is 0 Å². The van der Waals surface area contributed by atoms with Crippen molar-refractivity contribution in [3.63, 3.8) is 0 Å². The predicted molar refractivity (Wildman–Crippen MR) is 167 cm³/mol. The number of benzene rings is 2. The van der Waals surface area contributed by atoms with Crippen LogP contribution in [0.25, 0.3) is 0 Å². The molecule has 4 bridgehead atoms. The van der Waals surface area contributed by atoms with Gasteiger partial charge in [-0.05, 0) is 117 Å². The Morgan fingerprint density at radius 1 is 0.930 bits per heavy atom. The maximum absolute atomic E-state index is 14.0. The van der Waals surface area contributed by atoms with E-state index in [-0.39, 0.29) is 23.9 Å². The summed E-state index contributed by atoms with van der Waals surface area (Å²) < 4.78 is 40.9. The fourth-order valence-electron chi connectivity index (χ4n) is 8.21. The minimum Gasteiger partial charge on any atom is -0.352 e. The second kappa shape index (κ2) is 12.6. The molecule has 0 unspecified atom stereocenters. The number of carbonyl (C=O) groups is 2. The van der Waals surface area contributed by atoms with Crippen molar-refractivity contribution in [3.8, 4) is 0 Å². The van der Waals surface area contributed by atoms with Crippen molar-refractivity contribution in [2.45, 2.75) is 96.2 Å². The summed E-state index contributed by atoms with van der Waals surface area (Å²) in [4.78, 5) is 28.7. The average Bonchev–Trinajstić information content (AvgIpc) is 2.95. The Kier molecular flexibility index (Phi) is 9.21. The summed E-state index contributed by atoms with van der Waals surface area (Å²) in [5.74, 6) is 1.21. The maximum Gasteiger partial charge on any atom is 0.244 e. The van der Waals surface area contributed by atoms with E-state index in [0.29, 0.717) is 17.7 Å². The zero-order valence-electron chi connectivity index (χ0n) is 25.9.